The zero-order valence-corrected chi connectivity index (χ0v) is 10.6. The van der Waals surface area contributed by atoms with Crippen LogP contribution in [0.25, 0.3) is 0 Å². The molecule has 0 saturated carbocycles. The van der Waals surface area contributed by atoms with Crippen LogP contribution < -0.4 is 0 Å². The molecule has 0 spiro atoms. The van der Waals surface area contributed by atoms with E-state index in [0.29, 0.717) is 18.2 Å². The molecule has 0 amide bonds. The van der Waals surface area contributed by atoms with Gasteiger partial charge in [-0.2, -0.15) is 5.26 Å². The minimum absolute atomic E-state index is 0.147. The van der Waals surface area contributed by atoms with Gasteiger partial charge in [-0.3, -0.25) is 9.69 Å². The molecule has 2 aliphatic rings. The van der Waals surface area contributed by atoms with Crippen molar-refractivity contribution in [2.75, 3.05) is 0 Å². The lowest BCUT2D eigenvalue weighted by Gasteiger charge is -2.23. The SMILES string of the molecule is N#Cc1ccccc1CN1C2CCC1C(C(=O)O)C2. The fraction of sp³-hybridized carbons (Fsp3) is 0.467. The molecule has 1 aromatic carbocycles. The Morgan fingerprint density at radius 2 is 2.21 bits per heavy atom. The Hall–Kier alpha value is -1.86. The maximum absolute atomic E-state index is 11.2. The summed E-state index contributed by atoms with van der Waals surface area (Å²) in [6, 6.07) is 10.3. The van der Waals surface area contributed by atoms with E-state index in [-0.39, 0.29) is 12.0 Å². The number of hydrogen-bond donors (Lipinski definition) is 1. The number of aliphatic carboxylic acids is 1. The quantitative estimate of drug-likeness (QED) is 0.898. The van der Waals surface area contributed by atoms with Gasteiger partial charge in [0.2, 0.25) is 0 Å². The molecule has 4 nitrogen and oxygen atoms in total. The van der Waals surface area contributed by atoms with Gasteiger partial charge in [-0.25, -0.2) is 0 Å². The Morgan fingerprint density at radius 3 is 2.89 bits per heavy atom. The first kappa shape index (κ1) is 12.2. The van der Waals surface area contributed by atoms with Crippen molar-refractivity contribution in [1.29, 1.82) is 5.26 Å². The third-order valence-electron chi connectivity index (χ3n) is 4.49. The molecule has 2 bridgehead atoms. The highest BCUT2D eigenvalue weighted by Gasteiger charge is 2.49. The van der Waals surface area contributed by atoms with Crippen LogP contribution in [0.1, 0.15) is 30.4 Å². The summed E-state index contributed by atoms with van der Waals surface area (Å²) in [5.74, 6) is -0.904. The molecule has 3 unspecified atom stereocenters. The predicted molar refractivity (Wildman–Crippen MR) is 69.3 cm³/mol. The van der Waals surface area contributed by atoms with Crippen molar-refractivity contribution in [2.45, 2.75) is 37.9 Å². The van der Waals surface area contributed by atoms with Crippen molar-refractivity contribution in [2.24, 2.45) is 5.92 Å². The maximum atomic E-state index is 11.2. The molecule has 19 heavy (non-hydrogen) atoms. The molecule has 0 aromatic heterocycles. The number of rotatable bonds is 3. The maximum Gasteiger partial charge on any atom is 0.308 e. The van der Waals surface area contributed by atoms with Crippen LogP contribution in [-0.2, 0) is 11.3 Å². The molecule has 2 saturated heterocycles. The van der Waals surface area contributed by atoms with E-state index in [0.717, 1.165) is 24.8 Å². The van der Waals surface area contributed by atoms with Crippen molar-refractivity contribution >= 4 is 5.97 Å². The summed E-state index contributed by atoms with van der Waals surface area (Å²) in [5.41, 5.74) is 1.70. The fourth-order valence-corrected chi connectivity index (χ4v) is 3.58. The largest absolute Gasteiger partial charge is 0.481 e. The van der Waals surface area contributed by atoms with E-state index in [1.54, 1.807) is 0 Å². The summed E-state index contributed by atoms with van der Waals surface area (Å²) in [7, 11) is 0. The number of fused-ring (bicyclic) bond motifs is 2. The monoisotopic (exact) mass is 256 g/mol. The summed E-state index contributed by atoms with van der Waals surface area (Å²) >= 11 is 0. The first-order valence-corrected chi connectivity index (χ1v) is 6.67. The summed E-state index contributed by atoms with van der Waals surface area (Å²) in [6.07, 6.45) is 2.81. The van der Waals surface area contributed by atoms with Gasteiger partial charge in [-0.05, 0) is 30.9 Å². The van der Waals surface area contributed by atoms with Gasteiger partial charge < -0.3 is 5.11 Å². The zero-order valence-electron chi connectivity index (χ0n) is 10.6. The first-order chi connectivity index (χ1) is 9.20. The lowest BCUT2D eigenvalue weighted by atomic mass is 9.89. The minimum Gasteiger partial charge on any atom is -0.481 e. The second kappa shape index (κ2) is 4.67. The summed E-state index contributed by atoms with van der Waals surface area (Å²) in [5, 5.41) is 18.4. The second-order valence-corrected chi connectivity index (χ2v) is 5.42. The van der Waals surface area contributed by atoms with Crippen LogP contribution in [0.4, 0.5) is 0 Å². The molecule has 2 fully saturated rings. The predicted octanol–water partition coefficient (Wildman–Crippen LogP) is 2.00. The van der Waals surface area contributed by atoms with Crippen molar-refractivity contribution in [3.63, 3.8) is 0 Å². The van der Waals surface area contributed by atoms with Gasteiger partial charge in [0.1, 0.15) is 0 Å². The van der Waals surface area contributed by atoms with Gasteiger partial charge in [-0.1, -0.05) is 18.2 Å². The molecular weight excluding hydrogens is 240 g/mol. The topological polar surface area (TPSA) is 64.3 Å². The van der Waals surface area contributed by atoms with Crippen LogP contribution in [0, 0.1) is 17.2 Å². The lowest BCUT2D eigenvalue weighted by Crippen LogP contribution is -2.32. The average molecular weight is 256 g/mol. The van der Waals surface area contributed by atoms with Crippen LogP contribution in [0.3, 0.4) is 0 Å². The van der Waals surface area contributed by atoms with E-state index < -0.39 is 5.97 Å². The van der Waals surface area contributed by atoms with Gasteiger partial charge in [0.15, 0.2) is 0 Å². The van der Waals surface area contributed by atoms with Crippen molar-refractivity contribution < 1.29 is 9.90 Å². The number of hydrogen-bond acceptors (Lipinski definition) is 3. The van der Waals surface area contributed by atoms with E-state index >= 15 is 0 Å². The van der Waals surface area contributed by atoms with Gasteiger partial charge in [0.05, 0.1) is 17.6 Å². The van der Waals surface area contributed by atoms with Gasteiger partial charge in [-0.15, -0.1) is 0 Å². The summed E-state index contributed by atoms with van der Waals surface area (Å²) < 4.78 is 0. The van der Waals surface area contributed by atoms with E-state index in [2.05, 4.69) is 11.0 Å². The third-order valence-corrected chi connectivity index (χ3v) is 4.49. The summed E-state index contributed by atoms with van der Waals surface area (Å²) in [4.78, 5) is 13.5. The lowest BCUT2D eigenvalue weighted by molar-refractivity contribution is -0.142. The molecular formula is C15H16N2O2. The first-order valence-electron chi connectivity index (χ1n) is 6.67. The Balaban J connectivity index is 1.82. The highest BCUT2D eigenvalue weighted by Crippen LogP contribution is 2.42. The zero-order chi connectivity index (χ0) is 13.4. The summed E-state index contributed by atoms with van der Waals surface area (Å²) in [6.45, 7) is 0.697. The number of carboxylic acids is 1. The minimum atomic E-state index is -0.675. The van der Waals surface area contributed by atoms with Crippen LogP contribution in [0.15, 0.2) is 24.3 Å². The van der Waals surface area contributed by atoms with E-state index in [1.807, 2.05) is 24.3 Å². The van der Waals surface area contributed by atoms with Gasteiger partial charge >= 0.3 is 5.97 Å². The standard InChI is InChI=1S/C15H16N2O2/c16-8-10-3-1-2-4-11(10)9-17-12-5-6-14(17)13(7-12)15(18)19/h1-4,12-14H,5-7,9H2,(H,18,19). The molecule has 3 atom stereocenters. The molecule has 1 aromatic rings. The molecule has 0 aliphatic carbocycles. The highest BCUT2D eigenvalue weighted by molar-refractivity contribution is 5.71. The van der Waals surface area contributed by atoms with E-state index in [9.17, 15) is 9.90 Å². The highest BCUT2D eigenvalue weighted by atomic mass is 16.4. The molecule has 3 rings (SSSR count). The Labute approximate surface area is 112 Å². The van der Waals surface area contributed by atoms with E-state index in [4.69, 9.17) is 5.26 Å². The van der Waals surface area contributed by atoms with E-state index in [1.165, 1.54) is 0 Å². The van der Waals surface area contributed by atoms with Crippen molar-refractivity contribution in [1.82, 2.24) is 4.90 Å². The Kier molecular flexibility index (Phi) is 3.00. The Morgan fingerprint density at radius 1 is 1.42 bits per heavy atom. The third kappa shape index (κ3) is 2.00. The van der Waals surface area contributed by atoms with Crippen molar-refractivity contribution in [3.05, 3.63) is 35.4 Å². The van der Waals surface area contributed by atoms with Gasteiger partial charge in [0, 0.05) is 18.6 Å². The molecule has 2 aliphatic heterocycles. The number of nitriles is 1. The smallest absolute Gasteiger partial charge is 0.308 e. The average Bonchev–Trinajstić information content (AvgIpc) is 2.96. The molecule has 1 N–H and O–H groups in total. The Bertz CT molecular complexity index is 549. The number of nitrogens with zero attached hydrogens (tertiary/aromatic N) is 2. The molecule has 2 heterocycles. The van der Waals surface area contributed by atoms with Crippen LogP contribution in [0.2, 0.25) is 0 Å². The van der Waals surface area contributed by atoms with Gasteiger partial charge in [0.25, 0.3) is 0 Å². The normalized spacial score (nSPS) is 29.3. The van der Waals surface area contributed by atoms with Crippen LogP contribution in [0.5, 0.6) is 0 Å². The van der Waals surface area contributed by atoms with Crippen molar-refractivity contribution in [3.8, 4) is 6.07 Å². The van der Waals surface area contributed by atoms with Crippen LogP contribution >= 0.6 is 0 Å². The van der Waals surface area contributed by atoms with Crippen LogP contribution in [-0.4, -0.2) is 28.1 Å². The number of carbonyl (C=O) groups is 1. The molecule has 4 heteroatoms. The second-order valence-electron chi connectivity index (χ2n) is 5.42. The fourth-order valence-electron chi connectivity index (χ4n) is 3.58. The number of carboxylic acid groups (broad SMARTS) is 1. The molecule has 0 radical (unpaired) electrons. The molecule has 98 valence electrons. The number of benzene rings is 1.